The van der Waals surface area contributed by atoms with Crippen LogP contribution >= 0.6 is 22.9 Å². The Morgan fingerprint density at radius 2 is 1.87 bits per heavy atom. The van der Waals surface area contributed by atoms with Gasteiger partial charge in [0, 0.05) is 0 Å². The fourth-order valence-corrected chi connectivity index (χ4v) is 2.73. The van der Waals surface area contributed by atoms with Crippen molar-refractivity contribution in [1.29, 1.82) is 0 Å². The molecule has 0 unspecified atom stereocenters. The van der Waals surface area contributed by atoms with E-state index < -0.39 is 17.9 Å². The van der Waals surface area contributed by atoms with Gasteiger partial charge in [0.2, 0.25) is 0 Å². The van der Waals surface area contributed by atoms with Crippen molar-refractivity contribution in [1.82, 2.24) is 5.32 Å². The van der Waals surface area contributed by atoms with E-state index in [1.165, 1.54) is 6.07 Å². The highest BCUT2D eigenvalue weighted by Crippen LogP contribution is 2.25. The molecule has 2 N–H and O–H groups in total. The van der Waals surface area contributed by atoms with Crippen LogP contribution in [0.5, 0.6) is 0 Å². The summed E-state index contributed by atoms with van der Waals surface area (Å²) in [5.74, 6) is -1.10. The minimum atomic E-state index is -0.841. The van der Waals surface area contributed by atoms with Gasteiger partial charge in [-0.05, 0) is 30.5 Å². The van der Waals surface area contributed by atoms with E-state index in [9.17, 15) is 14.4 Å². The summed E-state index contributed by atoms with van der Waals surface area (Å²) in [5, 5.41) is 6.94. The molecule has 0 spiro atoms. The first-order chi connectivity index (χ1) is 11.0. The lowest BCUT2D eigenvalue weighted by molar-refractivity contribution is 0.0926. The number of nitrogens with one attached hydrogen (secondary N) is 2. The van der Waals surface area contributed by atoms with E-state index in [-0.39, 0.29) is 12.2 Å². The van der Waals surface area contributed by atoms with Crippen LogP contribution in [0.25, 0.3) is 0 Å². The molecule has 0 bridgehead atoms. The predicted molar refractivity (Wildman–Crippen MR) is 88.2 cm³/mol. The zero-order chi connectivity index (χ0) is 16.8. The normalized spacial score (nSPS) is 10.0. The summed E-state index contributed by atoms with van der Waals surface area (Å²) >= 11 is 7.13. The number of carbonyl (C=O) groups is 3. The van der Waals surface area contributed by atoms with Gasteiger partial charge in [-0.1, -0.05) is 23.7 Å². The molecule has 1 aromatic heterocycles. The van der Waals surface area contributed by atoms with Crippen LogP contribution in [0.1, 0.15) is 27.6 Å². The van der Waals surface area contributed by atoms with E-state index in [1.807, 2.05) is 0 Å². The summed E-state index contributed by atoms with van der Waals surface area (Å²) in [6.45, 7) is 1.78. The molecule has 0 radical (unpaired) electrons. The highest BCUT2D eigenvalue weighted by atomic mass is 35.5. The van der Waals surface area contributed by atoms with Gasteiger partial charge in [-0.25, -0.2) is 4.79 Å². The Hall–Kier alpha value is -2.38. The van der Waals surface area contributed by atoms with E-state index >= 15 is 0 Å². The average Bonchev–Trinajstić information content (AvgIpc) is 2.96. The lowest BCUT2D eigenvalue weighted by atomic mass is 10.2. The second-order valence-corrected chi connectivity index (χ2v) is 5.60. The number of benzene rings is 1. The Balaban J connectivity index is 2.12. The minimum absolute atomic E-state index is 0.152. The van der Waals surface area contributed by atoms with Crippen molar-refractivity contribution in [3.63, 3.8) is 0 Å². The van der Waals surface area contributed by atoms with Crippen LogP contribution in [0, 0.1) is 0 Å². The van der Waals surface area contributed by atoms with Crippen molar-refractivity contribution in [2.45, 2.75) is 6.92 Å². The summed E-state index contributed by atoms with van der Waals surface area (Å²) in [7, 11) is 0. The highest BCUT2D eigenvalue weighted by molar-refractivity contribution is 7.14. The zero-order valence-electron chi connectivity index (χ0n) is 12.1. The standard InChI is InChI=1S/C15H13ClN2O4S/c1-2-22-15(21)18-13(20)10-7-8-23-14(10)17-12(19)9-5-3-4-6-11(9)16/h3-8H,2H2,1H3,(H,17,19)(H,18,20,21). The van der Waals surface area contributed by atoms with E-state index in [1.54, 1.807) is 36.6 Å². The van der Waals surface area contributed by atoms with Gasteiger partial charge < -0.3 is 10.1 Å². The number of imide groups is 1. The Morgan fingerprint density at radius 1 is 1.13 bits per heavy atom. The number of rotatable bonds is 4. The molecule has 8 heteroatoms. The van der Waals surface area contributed by atoms with Gasteiger partial charge in [-0.2, -0.15) is 0 Å². The molecule has 0 saturated carbocycles. The van der Waals surface area contributed by atoms with Crippen LogP contribution in [0.3, 0.4) is 0 Å². The van der Waals surface area contributed by atoms with Crippen molar-refractivity contribution in [3.8, 4) is 0 Å². The van der Waals surface area contributed by atoms with E-state index in [0.717, 1.165) is 11.3 Å². The number of carbonyl (C=O) groups excluding carboxylic acids is 3. The fourth-order valence-electron chi connectivity index (χ4n) is 1.73. The SMILES string of the molecule is CCOC(=O)NC(=O)c1ccsc1NC(=O)c1ccccc1Cl. The van der Waals surface area contributed by atoms with E-state index in [0.29, 0.717) is 15.6 Å². The van der Waals surface area contributed by atoms with Crippen LogP contribution < -0.4 is 10.6 Å². The molecule has 2 aromatic rings. The average molecular weight is 353 g/mol. The zero-order valence-corrected chi connectivity index (χ0v) is 13.7. The number of halogens is 1. The van der Waals surface area contributed by atoms with Crippen LogP contribution in [-0.2, 0) is 4.74 Å². The van der Waals surface area contributed by atoms with Crippen molar-refractivity contribution in [2.24, 2.45) is 0 Å². The largest absolute Gasteiger partial charge is 0.450 e. The third-order valence-corrected chi connectivity index (χ3v) is 3.91. The fraction of sp³-hybridized carbons (Fsp3) is 0.133. The molecule has 0 aliphatic carbocycles. The Morgan fingerprint density at radius 3 is 2.57 bits per heavy atom. The van der Waals surface area contributed by atoms with E-state index in [4.69, 9.17) is 11.6 Å². The molecule has 0 fully saturated rings. The monoisotopic (exact) mass is 352 g/mol. The summed E-state index contributed by atoms with van der Waals surface area (Å²) in [5.41, 5.74) is 0.461. The Kier molecular flexibility index (Phi) is 5.72. The lowest BCUT2D eigenvalue weighted by Crippen LogP contribution is -2.31. The second kappa shape index (κ2) is 7.75. The molecule has 0 atom stereocenters. The van der Waals surface area contributed by atoms with Crippen LogP contribution in [0.2, 0.25) is 5.02 Å². The van der Waals surface area contributed by atoms with E-state index in [2.05, 4.69) is 15.4 Å². The molecule has 0 aliphatic heterocycles. The first-order valence-corrected chi connectivity index (χ1v) is 7.90. The first kappa shape index (κ1) is 17.0. The molecule has 1 aromatic carbocycles. The molecule has 2 rings (SSSR count). The van der Waals surface area contributed by atoms with Gasteiger partial charge in [0.1, 0.15) is 5.00 Å². The molecular formula is C15H13ClN2O4S. The third-order valence-electron chi connectivity index (χ3n) is 2.75. The predicted octanol–water partition coefficient (Wildman–Crippen LogP) is 3.54. The second-order valence-electron chi connectivity index (χ2n) is 4.27. The number of ether oxygens (including phenoxy) is 1. The topological polar surface area (TPSA) is 84.5 Å². The number of hydrogen-bond acceptors (Lipinski definition) is 5. The Labute approximate surface area is 141 Å². The van der Waals surface area contributed by atoms with Crippen molar-refractivity contribution in [3.05, 3.63) is 51.9 Å². The van der Waals surface area contributed by atoms with Gasteiger partial charge in [0.05, 0.1) is 22.8 Å². The van der Waals surface area contributed by atoms with Crippen LogP contribution in [-0.4, -0.2) is 24.5 Å². The van der Waals surface area contributed by atoms with Gasteiger partial charge in [-0.15, -0.1) is 11.3 Å². The van der Waals surface area contributed by atoms with Gasteiger partial charge in [0.25, 0.3) is 11.8 Å². The smallest absolute Gasteiger partial charge is 0.414 e. The van der Waals surface area contributed by atoms with Crippen molar-refractivity contribution in [2.75, 3.05) is 11.9 Å². The van der Waals surface area contributed by atoms with Crippen LogP contribution in [0.4, 0.5) is 9.80 Å². The number of alkyl carbamates (subject to hydrolysis) is 1. The summed E-state index contributed by atoms with van der Waals surface area (Å²) < 4.78 is 4.64. The van der Waals surface area contributed by atoms with Crippen LogP contribution in [0.15, 0.2) is 35.7 Å². The molecule has 120 valence electrons. The number of thiophene rings is 1. The molecule has 23 heavy (non-hydrogen) atoms. The summed E-state index contributed by atoms with van der Waals surface area (Å²) in [6.07, 6.45) is -0.841. The molecular weight excluding hydrogens is 340 g/mol. The molecule has 3 amide bonds. The summed E-state index contributed by atoms with van der Waals surface area (Å²) in [4.78, 5) is 35.5. The first-order valence-electron chi connectivity index (χ1n) is 6.64. The number of hydrogen-bond donors (Lipinski definition) is 2. The maximum atomic E-state index is 12.2. The molecule has 6 nitrogen and oxygen atoms in total. The Bertz CT molecular complexity index is 745. The summed E-state index contributed by atoms with van der Waals surface area (Å²) in [6, 6.07) is 8.07. The lowest BCUT2D eigenvalue weighted by Gasteiger charge is -2.08. The minimum Gasteiger partial charge on any atom is -0.450 e. The van der Waals surface area contributed by atoms with Crippen molar-refractivity contribution < 1.29 is 19.1 Å². The third kappa shape index (κ3) is 4.30. The number of anilines is 1. The van der Waals surface area contributed by atoms with Gasteiger partial charge in [0.15, 0.2) is 0 Å². The maximum absolute atomic E-state index is 12.2. The van der Waals surface area contributed by atoms with Crippen molar-refractivity contribution >= 4 is 45.8 Å². The molecule has 0 saturated heterocycles. The van der Waals surface area contributed by atoms with Gasteiger partial charge in [-0.3, -0.25) is 14.9 Å². The number of amides is 3. The molecule has 0 aliphatic rings. The highest BCUT2D eigenvalue weighted by Gasteiger charge is 2.19. The quantitative estimate of drug-likeness (QED) is 0.881. The maximum Gasteiger partial charge on any atom is 0.414 e. The van der Waals surface area contributed by atoms with Gasteiger partial charge >= 0.3 is 6.09 Å². The molecule has 1 heterocycles.